The number of hydrogen-bond donors (Lipinski definition) is 3. The fourth-order valence-corrected chi connectivity index (χ4v) is 6.64. The lowest BCUT2D eigenvalue weighted by atomic mass is 9.90. The number of aromatic hydroxyl groups is 1. The number of phenols is 1. The standard InChI is InChI=1S/C44H47N3O9/c1-44(2,3)56-32-15-10-29(11-16-32)12-19-40(50)45-20-23-53-25-26-54-24-21-46-42(51)37-9-6-22-47(37)43(52)34-8-5-4-7-33(34)41-35-17-13-30(48)27-38(35)55-39-28-31(49)14-18-36(39)41/h4-5,7-8,10-19,27-28,37,48H,6,9,20-26H2,1-3H3,(H,45,50)(H,46,51)/b19-12+. The van der Waals surface area contributed by atoms with E-state index in [2.05, 4.69) is 10.6 Å². The molecular formula is C44H47N3O9. The Labute approximate surface area is 325 Å². The van der Waals surface area contributed by atoms with Crippen molar-refractivity contribution in [2.24, 2.45) is 0 Å². The van der Waals surface area contributed by atoms with Crippen LogP contribution in [-0.4, -0.2) is 85.4 Å². The van der Waals surface area contributed by atoms with Crippen molar-refractivity contribution >= 4 is 34.8 Å². The number of carbonyl (C=O) groups excluding carboxylic acids is 3. The quantitative estimate of drug-likeness (QED) is 0.0659. The molecule has 1 saturated heterocycles. The van der Waals surface area contributed by atoms with Crippen molar-refractivity contribution in [3.63, 3.8) is 0 Å². The molecule has 0 spiro atoms. The first kappa shape index (κ1) is 39.7. The predicted molar refractivity (Wildman–Crippen MR) is 214 cm³/mol. The summed E-state index contributed by atoms with van der Waals surface area (Å²) in [6, 6.07) is 23.3. The molecule has 1 aliphatic carbocycles. The smallest absolute Gasteiger partial charge is 0.255 e. The summed E-state index contributed by atoms with van der Waals surface area (Å²) in [5.74, 6) is 0.351. The average Bonchev–Trinajstić information content (AvgIpc) is 3.67. The Balaban J connectivity index is 0.942. The van der Waals surface area contributed by atoms with E-state index in [9.17, 15) is 24.3 Å². The molecular weight excluding hydrogens is 714 g/mol. The molecule has 0 aromatic heterocycles. The maximum atomic E-state index is 14.2. The van der Waals surface area contributed by atoms with Gasteiger partial charge in [0.05, 0.1) is 26.4 Å². The molecule has 0 radical (unpaired) electrons. The van der Waals surface area contributed by atoms with Crippen molar-refractivity contribution in [1.82, 2.24) is 15.5 Å². The summed E-state index contributed by atoms with van der Waals surface area (Å²) in [4.78, 5) is 53.5. The fourth-order valence-electron chi connectivity index (χ4n) is 6.64. The Bertz CT molecular complexity index is 2220. The van der Waals surface area contributed by atoms with E-state index in [1.807, 2.05) is 57.2 Å². The van der Waals surface area contributed by atoms with Gasteiger partial charge in [-0.2, -0.15) is 0 Å². The monoisotopic (exact) mass is 761 g/mol. The van der Waals surface area contributed by atoms with Gasteiger partial charge in [-0.1, -0.05) is 30.3 Å². The molecule has 3 aromatic rings. The topological polar surface area (TPSA) is 157 Å². The highest BCUT2D eigenvalue weighted by Crippen LogP contribution is 2.42. The van der Waals surface area contributed by atoms with Crippen LogP contribution in [0.3, 0.4) is 0 Å². The van der Waals surface area contributed by atoms with E-state index in [1.54, 1.807) is 41.3 Å². The van der Waals surface area contributed by atoms with Gasteiger partial charge in [0.25, 0.3) is 5.91 Å². The second-order valence-corrected chi connectivity index (χ2v) is 14.4. The van der Waals surface area contributed by atoms with Crippen LogP contribution in [0.4, 0.5) is 0 Å². The maximum Gasteiger partial charge on any atom is 0.255 e. The van der Waals surface area contributed by atoms with E-state index < -0.39 is 6.04 Å². The molecule has 12 nitrogen and oxygen atoms in total. The van der Waals surface area contributed by atoms with Crippen molar-refractivity contribution in [3.8, 4) is 33.9 Å². The molecule has 3 amide bonds. The van der Waals surface area contributed by atoms with Crippen molar-refractivity contribution < 1.29 is 38.1 Å². The normalized spacial score (nSPS) is 14.4. The summed E-state index contributed by atoms with van der Waals surface area (Å²) in [6.07, 6.45) is 4.42. The summed E-state index contributed by atoms with van der Waals surface area (Å²) in [5.41, 5.74) is 3.11. The molecule has 0 bridgehead atoms. The van der Waals surface area contributed by atoms with Gasteiger partial charge in [0.2, 0.25) is 11.8 Å². The minimum atomic E-state index is -0.642. The largest absolute Gasteiger partial charge is 0.508 e. The lowest BCUT2D eigenvalue weighted by Gasteiger charge is -2.26. The number of hydrogen-bond acceptors (Lipinski definition) is 9. The number of nitrogens with one attached hydrogen (secondary N) is 2. The van der Waals surface area contributed by atoms with Gasteiger partial charge in [-0.15, -0.1) is 0 Å². The Morgan fingerprint density at radius 2 is 1.61 bits per heavy atom. The van der Waals surface area contributed by atoms with Crippen molar-refractivity contribution in [2.45, 2.75) is 45.3 Å². The minimum Gasteiger partial charge on any atom is -0.508 e. The lowest BCUT2D eigenvalue weighted by molar-refractivity contribution is -0.125. The number of ether oxygens (including phenoxy) is 3. The highest BCUT2D eigenvalue weighted by molar-refractivity contribution is 6.10. The molecule has 3 aliphatic rings. The van der Waals surface area contributed by atoms with Crippen LogP contribution in [0, 0.1) is 0 Å². The molecule has 2 heterocycles. The van der Waals surface area contributed by atoms with E-state index >= 15 is 0 Å². The second-order valence-electron chi connectivity index (χ2n) is 14.4. The minimum absolute atomic E-state index is 0.00638. The predicted octanol–water partition coefficient (Wildman–Crippen LogP) is 6.03. The molecule has 1 atom stereocenters. The van der Waals surface area contributed by atoms with Gasteiger partial charge >= 0.3 is 0 Å². The Kier molecular flexibility index (Phi) is 12.8. The molecule has 56 heavy (non-hydrogen) atoms. The van der Waals surface area contributed by atoms with Crippen LogP contribution in [0.1, 0.15) is 49.5 Å². The van der Waals surface area contributed by atoms with Crippen molar-refractivity contribution in [1.29, 1.82) is 0 Å². The molecule has 3 N–H and O–H groups in total. The van der Waals surface area contributed by atoms with E-state index in [0.717, 1.165) is 11.3 Å². The summed E-state index contributed by atoms with van der Waals surface area (Å²) in [5, 5.41) is 16.5. The number of carbonyl (C=O) groups is 3. The Morgan fingerprint density at radius 1 is 0.875 bits per heavy atom. The van der Waals surface area contributed by atoms with E-state index in [-0.39, 0.29) is 47.7 Å². The number of rotatable bonds is 15. The third-order valence-corrected chi connectivity index (χ3v) is 9.11. The summed E-state index contributed by atoms with van der Waals surface area (Å²) in [7, 11) is 0. The van der Waals surface area contributed by atoms with Crippen LogP contribution in [0.2, 0.25) is 0 Å². The SMILES string of the molecule is CC(C)(C)Oc1ccc(/C=C/C(=O)NCCOCCOCCNC(=O)C2CCCN2C(=O)c2ccccc2-c2c3ccc(=O)cc-3oc3cc(O)ccc23)cc1. The van der Waals surface area contributed by atoms with Gasteiger partial charge in [-0.05, 0) is 93.3 Å². The van der Waals surface area contributed by atoms with Crippen LogP contribution in [0.5, 0.6) is 11.5 Å². The van der Waals surface area contributed by atoms with Gasteiger partial charge in [0, 0.05) is 59.9 Å². The number of benzene rings is 4. The average molecular weight is 762 g/mol. The second kappa shape index (κ2) is 18.1. The van der Waals surface area contributed by atoms with Gasteiger partial charge in [0.15, 0.2) is 5.43 Å². The van der Waals surface area contributed by atoms with Gasteiger partial charge in [0.1, 0.15) is 34.5 Å². The van der Waals surface area contributed by atoms with Gasteiger partial charge in [-0.3, -0.25) is 19.2 Å². The highest BCUT2D eigenvalue weighted by Gasteiger charge is 2.35. The molecule has 2 aliphatic heterocycles. The lowest BCUT2D eigenvalue weighted by Crippen LogP contribution is -2.46. The van der Waals surface area contributed by atoms with Crippen LogP contribution < -0.4 is 20.8 Å². The van der Waals surface area contributed by atoms with Crippen molar-refractivity contribution in [3.05, 3.63) is 112 Å². The molecule has 0 saturated carbocycles. The molecule has 3 aromatic carbocycles. The van der Waals surface area contributed by atoms with Gasteiger partial charge < -0.3 is 39.3 Å². The van der Waals surface area contributed by atoms with Crippen LogP contribution in [0.15, 0.2) is 100 Å². The van der Waals surface area contributed by atoms with Crippen molar-refractivity contribution in [2.75, 3.05) is 46.1 Å². The Hall–Kier alpha value is -5.98. The molecule has 6 rings (SSSR count). The van der Waals surface area contributed by atoms with E-state index in [4.69, 9.17) is 18.6 Å². The number of phenolic OH excluding ortho intramolecular Hbond substituents is 1. The maximum absolute atomic E-state index is 14.2. The third-order valence-electron chi connectivity index (χ3n) is 9.11. The zero-order chi connectivity index (χ0) is 39.7. The zero-order valence-corrected chi connectivity index (χ0v) is 31.8. The first-order chi connectivity index (χ1) is 27.0. The number of nitrogens with zero attached hydrogens (tertiary/aromatic N) is 1. The summed E-state index contributed by atoms with van der Waals surface area (Å²) in [6.45, 7) is 8.23. The number of fused-ring (bicyclic) bond motifs is 2. The van der Waals surface area contributed by atoms with E-state index in [0.29, 0.717) is 84.7 Å². The molecule has 292 valence electrons. The highest BCUT2D eigenvalue weighted by atomic mass is 16.5. The van der Waals surface area contributed by atoms with Crippen LogP contribution >= 0.6 is 0 Å². The molecule has 1 unspecified atom stereocenters. The number of amides is 3. The first-order valence-electron chi connectivity index (χ1n) is 18.7. The molecule has 1 fully saturated rings. The summed E-state index contributed by atoms with van der Waals surface area (Å²) >= 11 is 0. The molecule has 12 heteroatoms. The summed E-state index contributed by atoms with van der Waals surface area (Å²) < 4.78 is 23.0. The number of likely N-dealkylation sites (tertiary alicyclic amines) is 1. The third kappa shape index (κ3) is 10.2. The van der Waals surface area contributed by atoms with Crippen LogP contribution in [0.25, 0.3) is 39.5 Å². The van der Waals surface area contributed by atoms with Gasteiger partial charge in [-0.25, -0.2) is 0 Å². The van der Waals surface area contributed by atoms with Crippen LogP contribution in [-0.2, 0) is 19.1 Å². The Morgan fingerprint density at radius 3 is 2.36 bits per heavy atom. The first-order valence-corrected chi connectivity index (χ1v) is 18.7. The van der Waals surface area contributed by atoms with E-state index in [1.165, 1.54) is 24.3 Å². The zero-order valence-electron chi connectivity index (χ0n) is 31.8. The fraction of sp³-hybridized carbons (Fsp3) is 0.318.